The third-order valence-corrected chi connectivity index (χ3v) is 4.29. The molecule has 1 fully saturated rings. The number of rotatable bonds is 5. The Morgan fingerprint density at radius 2 is 2.04 bits per heavy atom. The number of benzene rings is 1. The van der Waals surface area contributed by atoms with E-state index < -0.39 is 0 Å². The summed E-state index contributed by atoms with van der Waals surface area (Å²) in [6.07, 6.45) is 1.40. The van der Waals surface area contributed by atoms with E-state index in [9.17, 15) is 9.59 Å². The number of nitrogens with two attached hydrogens (primary N) is 1. The Balaban J connectivity index is 1.99. The van der Waals surface area contributed by atoms with Gasteiger partial charge in [0, 0.05) is 19.1 Å². The van der Waals surface area contributed by atoms with Gasteiger partial charge in [0.2, 0.25) is 5.91 Å². The van der Waals surface area contributed by atoms with Gasteiger partial charge in [0.1, 0.15) is 6.61 Å². The summed E-state index contributed by atoms with van der Waals surface area (Å²) in [5.74, 6) is -0.0685. The van der Waals surface area contributed by atoms with E-state index in [0.717, 1.165) is 18.4 Å². The summed E-state index contributed by atoms with van der Waals surface area (Å²) in [4.78, 5) is 27.9. The van der Waals surface area contributed by atoms with Crippen LogP contribution in [-0.2, 0) is 16.1 Å². The minimum Gasteiger partial charge on any atom is -0.445 e. The smallest absolute Gasteiger partial charge is 0.410 e. The van der Waals surface area contributed by atoms with E-state index in [1.165, 1.54) is 0 Å². The minimum absolute atomic E-state index is 0.00574. The van der Waals surface area contributed by atoms with Crippen molar-refractivity contribution in [2.24, 2.45) is 5.73 Å². The number of carbonyl (C=O) groups excluding carboxylic acids is 2. The molecule has 6 nitrogen and oxygen atoms in total. The molecule has 0 radical (unpaired) electrons. The van der Waals surface area contributed by atoms with Crippen LogP contribution < -0.4 is 5.73 Å². The van der Waals surface area contributed by atoms with E-state index in [1.807, 2.05) is 44.2 Å². The van der Waals surface area contributed by atoms with Gasteiger partial charge >= 0.3 is 6.09 Å². The lowest BCUT2D eigenvalue weighted by Gasteiger charge is -2.40. The molecule has 0 bridgehead atoms. The first-order valence-electron chi connectivity index (χ1n) is 8.49. The van der Waals surface area contributed by atoms with Gasteiger partial charge in [0.05, 0.1) is 12.6 Å². The molecule has 2 amide bonds. The molecule has 1 saturated heterocycles. The Labute approximate surface area is 143 Å². The molecule has 132 valence electrons. The standard InChI is InChI=1S/C18H27N3O3/c1-14(2)21(16-9-6-10-20(12-16)17(22)11-19)18(23)24-13-15-7-4-3-5-8-15/h3-5,7-8,14,16H,6,9-13,19H2,1-2H3. The molecule has 1 aromatic carbocycles. The predicted octanol–water partition coefficient (Wildman–Crippen LogP) is 1.98. The molecule has 1 heterocycles. The number of nitrogens with zero attached hydrogens (tertiary/aromatic N) is 2. The van der Waals surface area contributed by atoms with Crippen LogP contribution >= 0.6 is 0 Å². The van der Waals surface area contributed by atoms with Crippen molar-refractivity contribution in [2.75, 3.05) is 19.6 Å². The van der Waals surface area contributed by atoms with E-state index in [1.54, 1.807) is 9.80 Å². The van der Waals surface area contributed by atoms with Crippen molar-refractivity contribution in [3.05, 3.63) is 35.9 Å². The maximum absolute atomic E-state index is 12.6. The highest BCUT2D eigenvalue weighted by atomic mass is 16.6. The van der Waals surface area contributed by atoms with Crippen molar-refractivity contribution in [2.45, 2.75) is 45.4 Å². The number of carbonyl (C=O) groups is 2. The molecule has 1 aliphatic rings. The molecule has 0 saturated carbocycles. The average Bonchev–Trinajstić information content (AvgIpc) is 2.60. The molecular weight excluding hydrogens is 306 g/mol. The molecule has 1 aromatic rings. The van der Waals surface area contributed by atoms with Crippen molar-refractivity contribution >= 4 is 12.0 Å². The molecule has 1 aliphatic heterocycles. The molecule has 0 spiro atoms. The quantitative estimate of drug-likeness (QED) is 0.894. The van der Waals surface area contributed by atoms with Crippen LogP contribution in [0, 0.1) is 0 Å². The maximum Gasteiger partial charge on any atom is 0.410 e. The lowest BCUT2D eigenvalue weighted by molar-refractivity contribution is -0.131. The zero-order chi connectivity index (χ0) is 17.5. The number of piperidine rings is 1. The number of likely N-dealkylation sites (tertiary alicyclic amines) is 1. The largest absolute Gasteiger partial charge is 0.445 e. The third kappa shape index (κ3) is 4.71. The fraction of sp³-hybridized carbons (Fsp3) is 0.556. The zero-order valence-corrected chi connectivity index (χ0v) is 14.5. The molecule has 1 unspecified atom stereocenters. The first-order chi connectivity index (χ1) is 11.5. The van der Waals surface area contributed by atoms with E-state index >= 15 is 0 Å². The molecule has 1 atom stereocenters. The molecule has 2 N–H and O–H groups in total. The summed E-state index contributed by atoms with van der Waals surface area (Å²) >= 11 is 0. The molecule has 6 heteroatoms. The molecule has 2 rings (SSSR count). The Morgan fingerprint density at radius 3 is 2.67 bits per heavy atom. The van der Waals surface area contributed by atoms with Gasteiger partial charge in [0.15, 0.2) is 0 Å². The Kier molecular flexibility index (Phi) is 6.61. The maximum atomic E-state index is 12.6. The van der Waals surface area contributed by atoms with Gasteiger partial charge < -0.3 is 20.3 Å². The number of amides is 2. The van der Waals surface area contributed by atoms with E-state index in [4.69, 9.17) is 10.5 Å². The van der Waals surface area contributed by atoms with Gasteiger partial charge in [0.25, 0.3) is 0 Å². The average molecular weight is 333 g/mol. The van der Waals surface area contributed by atoms with Gasteiger partial charge in [-0.1, -0.05) is 30.3 Å². The second-order valence-corrected chi connectivity index (χ2v) is 6.38. The Morgan fingerprint density at radius 1 is 1.33 bits per heavy atom. The summed E-state index contributed by atoms with van der Waals surface area (Å²) in [7, 11) is 0. The minimum atomic E-state index is -0.332. The first-order valence-corrected chi connectivity index (χ1v) is 8.49. The summed E-state index contributed by atoms with van der Waals surface area (Å²) in [5.41, 5.74) is 6.42. The molecule has 0 aromatic heterocycles. The zero-order valence-electron chi connectivity index (χ0n) is 14.5. The van der Waals surface area contributed by atoms with Gasteiger partial charge in [-0.05, 0) is 32.3 Å². The van der Waals surface area contributed by atoms with Gasteiger partial charge in [-0.15, -0.1) is 0 Å². The fourth-order valence-corrected chi connectivity index (χ4v) is 3.11. The Bertz CT molecular complexity index is 548. The SMILES string of the molecule is CC(C)N(C(=O)OCc1ccccc1)C1CCCN(C(=O)CN)C1. The molecule has 0 aliphatic carbocycles. The van der Waals surface area contributed by atoms with Gasteiger partial charge in [-0.25, -0.2) is 4.79 Å². The summed E-state index contributed by atoms with van der Waals surface area (Å²) < 4.78 is 5.49. The summed E-state index contributed by atoms with van der Waals surface area (Å²) in [5, 5.41) is 0. The van der Waals surface area contributed by atoms with Crippen LogP contribution in [0.25, 0.3) is 0 Å². The van der Waals surface area contributed by atoms with Crippen molar-refractivity contribution in [3.63, 3.8) is 0 Å². The van der Waals surface area contributed by atoms with Gasteiger partial charge in [-0.2, -0.15) is 0 Å². The second kappa shape index (κ2) is 8.68. The lowest BCUT2D eigenvalue weighted by atomic mass is 10.0. The highest BCUT2D eigenvalue weighted by Gasteiger charge is 2.32. The van der Waals surface area contributed by atoms with Crippen LogP contribution in [0.2, 0.25) is 0 Å². The van der Waals surface area contributed by atoms with Crippen molar-refractivity contribution in [1.29, 1.82) is 0 Å². The number of ether oxygens (including phenoxy) is 1. The predicted molar refractivity (Wildman–Crippen MR) is 92.3 cm³/mol. The molecule has 24 heavy (non-hydrogen) atoms. The van der Waals surface area contributed by atoms with Crippen LogP contribution in [0.1, 0.15) is 32.3 Å². The van der Waals surface area contributed by atoms with Crippen molar-refractivity contribution in [1.82, 2.24) is 9.80 Å². The summed E-state index contributed by atoms with van der Waals surface area (Å²) in [6, 6.07) is 9.59. The van der Waals surface area contributed by atoms with E-state index in [-0.39, 0.29) is 37.2 Å². The van der Waals surface area contributed by atoms with E-state index in [0.29, 0.717) is 13.1 Å². The summed E-state index contributed by atoms with van der Waals surface area (Å²) in [6.45, 7) is 5.42. The van der Waals surface area contributed by atoms with Crippen LogP contribution in [0.3, 0.4) is 0 Å². The number of hydrogen-bond donors (Lipinski definition) is 1. The Hall–Kier alpha value is -2.08. The van der Waals surface area contributed by atoms with E-state index in [2.05, 4.69) is 0 Å². The van der Waals surface area contributed by atoms with Crippen molar-refractivity contribution in [3.8, 4) is 0 Å². The third-order valence-electron chi connectivity index (χ3n) is 4.29. The normalized spacial score (nSPS) is 17.7. The highest BCUT2D eigenvalue weighted by molar-refractivity contribution is 5.78. The number of hydrogen-bond acceptors (Lipinski definition) is 4. The highest BCUT2D eigenvalue weighted by Crippen LogP contribution is 2.20. The second-order valence-electron chi connectivity index (χ2n) is 6.38. The van der Waals surface area contributed by atoms with Crippen LogP contribution in [0.15, 0.2) is 30.3 Å². The van der Waals surface area contributed by atoms with Crippen LogP contribution in [-0.4, -0.2) is 53.5 Å². The fourth-order valence-electron chi connectivity index (χ4n) is 3.11. The molecular formula is C18H27N3O3. The topological polar surface area (TPSA) is 75.9 Å². The monoisotopic (exact) mass is 333 g/mol. The van der Waals surface area contributed by atoms with Crippen LogP contribution in [0.5, 0.6) is 0 Å². The lowest BCUT2D eigenvalue weighted by Crippen LogP contribution is -2.54. The van der Waals surface area contributed by atoms with Gasteiger partial charge in [-0.3, -0.25) is 4.79 Å². The first kappa shape index (κ1) is 18.3. The van der Waals surface area contributed by atoms with Crippen LogP contribution in [0.4, 0.5) is 4.79 Å². The van der Waals surface area contributed by atoms with Crippen molar-refractivity contribution < 1.29 is 14.3 Å².